The molecule has 1 aromatic heterocycles. The van der Waals surface area contributed by atoms with E-state index in [1.54, 1.807) is 26.4 Å². The summed E-state index contributed by atoms with van der Waals surface area (Å²) in [5.41, 5.74) is 2.34. The van der Waals surface area contributed by atoms with Gasteiger partial charge in [-0.1, -0.05) is 23.7 Å². The Morgan fingerprint density at radius 3 is 2.41 bits per heavy atom. The number of methoxy groups -OCH3 is 3. The first-order valence-electron chi connectivity index (χ1n) is 9.69. The Labute approximate surface area is 195 Å². The zero-order valence-electron chi connectivity index (χ0n) is 18.0. The zero-order valence-corrected chi connectivity index (χ0v) is 19.5. The molecule has 9 heteroatoms. The van der Waals surface area contributed by atoms with Gasteiger partial charge in [-0.15, -0.1) is 11.3 Å². The van der Waals surface area contributed by atoms with Gasteiger partial charge in [0.2, 0.25) is 5.91 Å². The minimum atomic E-state index is -0.489. The van der Waals surface area contributed by atoms with E-state index in [-0.39, 0.29) is 25.4 Å². The second kappa shape index (κ2) is 11.0. The van der Waals surface area contributed by atoms with E-state index in [0.717, 1.165) is 16.1 Å². The van der Waals surface area contributed by atoms with E-state index in [4.69, 9.17) is 25.8 Å². The Kier molecular flexibility index (Phi) is 8.08. The molecule has 0 aliphatic heterocycles. The fourth-order valence-electron chi connectivity index (χ4n) is 3.02. The van der Waals surface area contributed by atoms with Gasteiger partial charge in [-0.05, 0) is 35.9 Å². The molecular formula is C23H23ClN2O5S. The number of carbonyl (C=O) groups excluding carboxylic acids is 2. The fraction of sp³-hybridized carbons (Fsp3) is 0.261. The summed E-state index contributed by atoms with van der Waals surface area (Å²) >= 11 is 7.37. The number of halogens is 1. The number of aromatic nitrogens is 1. The van der Waals surface area contributed by atoms with Crippen LogP contribution in [0, 0.1) is 0 Å². The van der Waals surface area contributed by atoms with E-state index < -0.39 is 5.97 Å². The monoisotopic (exact) mass is 474 g/mol. The smallest absolute Gasteiger partial charge is 0.325 e. The third kappa shape index (κ3) is 5.99. The number of benzene rings is 2. The van der Waals surface area contributed by atoms with Crippen LogP contribution in [-0.2, 0) is 27.3 Å². The quantitative estimate of drug-likeness (QED) is 0.432. The summed E-state index contributed by atoms with van der Waals surface area (Å²) in [6, 6.07) is 12.7. The van der Waals surface area contributed by atoms with Crippen LogP contribution in [0.5, 0.6) is 11.5 Å². The molecule has 0 saturated carbocycles. The Bertz CT molecular complexity index is 1080. The summed E-state index contributed by atoms with van der Waals surface area (Å²) in [5, 5.41) is 3.19. The average Bonchev–Trinajstić information content (AvgIpc) is 3.27. The molecule has 0 atom stereocenters. The molecule has 0 spiro atoms. The minimum absolute atomic E-state index is 0.0639. The highest BCUT2D eigenvalue weighted by molar-refractivity contribution is 7.13. The maximum Gasteiger partial charge on any atom is 0.325 e. The third-order valence-electron chi connectivity index (χ3n) is 4.70. The van der Waals surface area contributed by atoms with Crippen LogP contribution < -0.4 is 9.47 Å². The molecule has 32 heavy (non-hydrogen) atoms. The molecular weight excluding hydrogens is 452 g/mol. The normalized spacial score (nSPS) is 10.5. The number of hydrogen-bond donors (Lipinski definition) is 0. The Morgan fingerprint density at radius 1 is 1.03 bits per heavy atom. The lowest BCUT2D eigenvalue weighted by atomic mass is 10.2. The van der Waals surface area contributed by atoms with Crippen LogP contribution in [0.15, 0.2) is 47.8 Å². The van der Waals surface area contributed by atoms with Crippen molar-refractivity contribution in [2.45, 2.75) is 13.0 Å². The number of amides is 1. The molecule has 3 aromatic rings. The molecule has 2 aromatic carbocycles. The number of ether oxygens (including phenoxy) is 3. The summed E-state index contributed by atoms with van der Waals surface area (Å²) in [6.07, 6.45) is 0.0639. The van der Waals surface area contributed by atoms with Crippen molar-refractivity contribution >= 4 is 34.8 Å². The Balaban J connectivity index is 1.75. The van der Waals surface area contributed by atoms with Gasteiger partial charge in [0.1, 0.15) is 11.6 Å². The summed E-state index contributed by atoms with van der Waals surface area (Å²) in [4.78, 5) is 30.9. The van der Waals surface area contributed by atoms with Gasteiger partial charge in [-0.3, -0.25) is 9.59 Å². The van der Waals surface area contributed by atoms with Crippen molar-refractivity contribution in [2.75, 3.05) is 27.9 Å². The van der Waals surface area contributed by atoms with Crippen LogP contribution in [0.2, 0.25) is 5.02 Å². The number of rotatable bonds is 9. The molecule has 0 unspecified atom stereocenters. The molecule has 0 saturated heterocycles. The van der Waals surface area contributed by atoms with Gasteiger partial charge < -0.3 is 19.1 Å². The molecule has 1 amide bonds. The van der Waals surface area contributed by atoms with Crippen LogP contribution in [0.3, 0.4) is 0 Å². The molecule has 1 heterocycles. The predicted octanol–water partition coefficient (Wildman–Crippen LogP) is 4.23. The molecule has 0 fully saturated rings. The largest absolute Gasteiger partial charge is 0.493 e. The summed E-state index contributed by atoms with van der Waals surface area (Å²) in [7, 11) is 4.45. The molecule has 0 aliphatic carbocycles. The number of hydrogen-bond acceptors (Lipinski definition) is 7. The van der Waals surface area contributed by atoms with Crippen molar-refractivity contribution in [3.05, 3.63) is 64.1 Å². The van der Waals surface area contributed by atoms with Crippen molar-refractivity contribution in [1.29, 1.82) is 0 Å². The summed E-state index contributed by atoms with van der Waals surface area (Å²) < 4.78 is 15.4. The van der Waals surface area contributed by atoms with Gasteiger partial charge in [0.15, 0.2) is 11.5 Å². The first kappa shape index (κ1) is 23.6. The average molecular weight is 475 g/mol. The molecule has 0 N–H and O–H groups in total. The Hall–Kier alpha value is -3.10. The molecule has 0 bridgehead atoms. The SMILES string of the molecule is COC(=O)CN(Cc1ccc(Cl)cc1)C(=O)Cc1csc(-c2ccc(OC)c(OC)c2)n1. The van der Waals surface area contributed by atoms with Gasteiger partial charge in [-0.2, -0.15) is 0 Å². The van der Waals surface area contributed by atoms with Crippen LogP contribution in [0.4, 0.5) is 0 Å². The lowest BCUT2D eigenvalue weighted by Crippen LogP contribution is -2.36. The maximum atomic E-state index is 13.0. The lowest BCUT2D eigenvalue weighted by molar-refractivity contribution is -0.147. The summed E-state index contributed by atoms with van der Waals surface area (Å²) in [5.74, 6) is 0.514. The van der Waals surface area contributed by atoms with E-state index in [1.165, 1.54) is 23.3 Å². The molecule has 168 valence electrons. The first-order chi connectivity index (χ1) is 15.4. The fourth-order valence-corrected chi connectivity index (χ4v) is 3.96. The molecule has 0 aliphatic rings. The van der Waals surface area contributed by atoms with E-state index in [9.17, 15) is 9.59 Å². The van der Waals surface area contributed by atoms with E-state index >= 15 is 0 Å². The zero-order chi connectivity index (χ0) is 23.1. The highest BCUT2D eigenvalue weighted by Gasteiger charge is 2.20. The van der Waals surface area contributed by atoms with Crippen molar-refractivity contribution in [3.63, 3.8) is 0 Å². The van der Waals surface area contributed by atoms with Crippen LogP contribution in [0.25, 0.3) is 10.6 Å². The number of carbonyl (C=O) groups is 2. The standard InChI is InChI=1S/C23H23ClN2O5S/c1-29-19-9-6-16(10-20(19)30-2)23-25-18(14-32-23)11-21(27)26(13-22(28)31-3)12-15-4-7-17(24)8-5-15/h4-10,14H,11-13H2,1-3H3. The number of thiazole rings is 1. The number of esters is 1. The third-order valence-corrected chi connectivity index (χ3v) is 5.89. The minimum Gasteiger partial charge on any atom is -0.493 e. The van der Waals surface area contributed by atoms with Gasteiger partial charge in [0.05, 0.1) is 33.4 Å². The highest BCUT2D eigenvalue weighted by atomic mass is 35.5. The van der Waals surface area contributed by atoms with Gasteiger partial charge in [0.25, 0.3) is 0 Å². The maximum absolute atomic E-state index is 13.0. The molecule has 3 rings (SSSR count). The van der Waals surface area contributed by atoms with Gasteiger partial charge >= 0.3 is 5.97 Å². The summed E-state index contributed by atoms with van der Waals surface area (Å²) in [6.45, 7) is 0.113. The van der Waals surface area contributed by atoms with Crippen LogP contribution in [-0.4, -0.2) is 49.6 Å². The van der Waals surface area contributed by atoms with Gasteiger partial charge in [0, 0.05) is 22.5 Å². The van der Waals surface area contributed by atoms with Crippen LogP contribution >= 0.6 is 22.9 Å². The van der Waals surface area contributed by atoms with Gasteiger partial charge in [-0.25, -0.2) is 4.98 Å². The second-order valence-corrected chi connectivity index (χ2v) is 8.14. The van der Waals surface area contributed by atoms with E-state index in [0.29, 0.717) is 22.2 Å². The second-order valence-electron chi connectivity index (χ2n) is 6.84. The van der Waals surface area contributed by atoms with Crippen molar-refractivity contribution < 1.29 is 23.8 Å². The highest BCUT2D eigenvalue weighted by Crippen LogP contribution is 2.33. The lowest BCUT2D eigenvalue weighted by Gasteiger charge is -2.21. The van der Waals surface area contributed by atoms with E-state index in [1.807, 2.05) is 35.7 Å². The first-order valence-corrected chi connectivity index (χ1v) is 10.9. The van der Waals surface area contributed by atoms with Crippen molar-refractivity contribution in [2.24, 2.45) is 0 Å². The Morgan fingerprint density at radius 2 is 1.75 bits per heavy atom. The van der Waals surface area contributed by atoms with Crippen molar-refractivity contribution in [3.8, 4) is 22.1 Å². The van der Waals surface area contributed by atoms with E-state index in [2.05, 4.69) is 4.98 Å². The predicted molar refractivity (Wildman–Crippen MR) is 123 cm³/mol. The topological polar surface area (TPSA) is 78.0 Å². The number of nitrogens with zero attached hydrogens (tertiary/aromatic N) is 2. The van der Waals surface area contributed by atoms with Crippen LogP contribution in [0.1, 0.15) is 11.3 Å². The van der Waals surface area contributed by atoms with Crippen molar-refractivity contribution in [1.82, 2.24) is 9.88 Å². The molecule has 7 nitrogen and oxygen atoms in total. The molecule has 0 radical (unpaired) electrons.